The molecule has 144 valence electrons. The van der Waals surface area contributed by atoms with E-state index in [0.717, 1.165) is 60.9 Å². The Morgan fingerprint density at radius 3 is 2.93 bits per heavy atom. The number of hydrazine groups is 1. The number of allylic oxidation sites excluding steroid dienone is 2. The topological polar surface area (TPSA) is 88.3 Å². The van der Waals surface area contributed by atoms with Crippen LogP contribution in [0.25, 0.3) is 0 Å². The number of nitrogens with two attached hydrogens (primary N) is 1. The summed E-state index contributed by atoms with van der Waals surface area (Å²) < 4.78 is 6.11. The Bertz CT molecular complexity index is 797. The van der Waals surface area contributed by atoms with Crippen molar-refractivity contribution in [1.29, 1.82) is 0 Å². The van der Waals surface area contributed by atoms with Gasteiger partial charge in [-0.05, 0) is 45.3 Å². The largest absolute Gasteiger partial charge is 0.488 e. The van der Waals surface area contributed by atoms with Crippen molar-refractivity contribution in [3.63, 3.8) is 0 Å². The van der Waals surface area contributed by atoms with Crippen LogP contribution in [0, 0.1) is 0 Å². The van der Waals surface area contributed by atoms with Crippen molar-refractivity contribution in [3.8, 4) is 0 Å². The van der Waals surface area contributed by atoms with Crippen molar-refractivity contribution < 1.29 is 4.74 Å². The molecule has 7 heteroatoms. The van der Waals surface area contributed by atoms with Crippen LogP contribution in [0.4, 0.5) is 5.82 Å². The lowest BCUT2D eigenvalue weighted by molar-refractivity contribution is 0.120. The fourth-order valence-electron chi connectivity index (χ4n) is 3.51. The third-order valence-electron chi connectivity index (χ3n) is 5.48. The molecule has 2 aliphatic heterocycles. The molecular formula is C20H28N6O. The molecule has 1 saturated heterocycles. The second-order valence-electron chi connectivity index (χ2n) is 7.88. The molecule has 1 aliphatic carbocycles. The van der Waals surface area contributed by atoms with Gasteiger partial charge >= 0.3 is 0 Å². The minimum atomic E-state index is -0.0754. The Balaban J connectivity index is 1.58. The molecule has 1 aromatic rings. The maximum absolute atomic E-state index is 6.11. The minimum absolute atomic E-state index is 0.0416. The van der Waals surface area contributed by atoms with Gasteiger partial charge in [-0.1, -0.05) is 6.58 Å². The lowest BCUT2D eigenvalue weighted by Gasteiger charge is -2.19. The van der Waals surface area contributed by atoms with Crippen LogP contribution in [0.3, 0.4) is 0 Å². The number of ether oxygens (including phenoxy) is 1. The van der Waals surface area contributed by atoms with Crippen molar-refractivity contribution >= 4 is 5.82 Å². The Kier molecular flexibility index (Phi) is 4.65. The van der Waals surface area contributed by atoms with Crippen molar-refractivity contribution in [3.05, 3.63) is 53.8 Å². The maximum atomic E-state index is 6.11. The molecule has 2 atom stereocenters. The highest BCUT2D eigenvalue weighted by Crippen LogP contribution is 2.41. The van der Waals surface area contributed by atoms with E-state index in [1.165, 1.54) is 0 Å². The summed E-state index contributed by atoms with van der Waals surface area (Å²) in [5.74, 6) is 1.72. The first-order valence-corrected chi connectivity index (χ1v) is 9.55. The summed E-state index contributed by atoms with van der Waals surface area (Å²) in [4.78, 5) is 11.2. The predicted octanol–water partition coefficient (Wildman–Crippen LogP) is 2.08. The van der Waals surface area contributed by atoms with Gasteiger partial charge in [0.25, 0.3) is 0 Å². The van der Waals surface area contributed by atoms with Gasteiger partial charge in [0, 0.05) is 36.5 Å². The lowest BCUT2D eigenvalue weighted by atomic mass is 10.0. The Hall–Kier alpha value is -2.38. The summed E-state index contributed by atoms with van der Waals surface area (Å²) in [6.07, 6.45) is 8.62. The zero-order valence-electron chi connectivity index (χ0n) is 16.0. The average molecular weight is 368 g/mol. The van der Waals surface area contributed by atoms with E-state index >= 15 is 0 Å². The van der Waals surface area contributed by atoms with E-state index in [0.29, 0.717) is 0 Å². The highest BCUT2D eigenvalue weighted by molar-refractivity contribution is 5.45. The number of nitrogens with zero attached hydrogens (tertiary/aromatic N) is 3. The van der Waals surface area contributed by atoms with Crippen molar-refractivity contribution in [1.82, 2.24) is 20.8 Å². The van der Waals surface area contributed by atoms with Crippen molar-refractivity contribution in [2.75, 3.05) is 18.0 Å². The molecule has 3 heterocycles. The summed E-state index contributed by atoms with van der Waals surface area (Å²) in [5, 5.41) is 0. The molecule has 0 radical (unpaired) electrons. The van der Waals surface area contributed by atoms with E-state index in [1.54, 1.807) is 12.4 Å². The van der Waals surface area contributed by atoms with Crippen LogP contribution in [0.2, 0.25) is 0 Å². The van der Waals surface area contributed by atoms with Gasteiger partial charge in [-0.25, -0.2) is 15.4 Å². The molecule has 1 saturated carbocycles. The molecule has 4 N–H and O–H groups in total. The molecule has 0 unspecified atom stereocenters. The van der Waals surface area contributed by atoms with Gasteiger partial charge in [0.2, 0.25) is 0 Å². The first-order chi connectivity index (χ1) is 13.0. The smallest absolute Gasteiger partial charge is 0.132 e. The number of hydrogen-bond acceptors (Lipinski definition) is 7. The van der Waals surface area contributed by atoms with E-state index in [2.05, 4.69) is 45.3 Å². The number of rotatable bonds is 6. The summed E-state index contributed by atoms with van der Waals surface area (Å²) in [5.41, 5.74) is 15.6. The highest BCUT2D eigenvalue weighted by atomic mass is 16.5. The van der Waals surface area contributed by atoms with E-state index < -0.39 is 0 Å². The molecule has 7 nitrogen and oxygen atoms in total. The van der Waals surface area contributed by atoms with Crippen molar-refractivity contribution in [2.24, 2.45) is 5.73 Å². The van der Waals surface area contributed by atoms with Crippen molar-refractivity contribution in [2.45, 2.75) is 50.8 Å². The number of aromatic nitrogens is 2. The zero-order chi connectivity index (χ0) is 19.0. The number of anilines is 1. The standard InChI is InChI=1S/C20H28N6O/c1-4-15(27-20(3)6-7-20)9-16-13(2)24-25-19(16)17-10-18(23-12-22-17)26-8-5-14(21)11-26/h4,9-10,12,14,19,24-25H,1,5-8,11,21H2,2-3H3/b15-9+/t14-,19-/m1/s1. The third-order valence-corrected chi connectivity index (χ3v) is 5.48. The van der Waals surface area contributed by atoms with Crippen LogP contribution in [-0.2, 0) is 4.74 Å². The van der Waals surface area contributed by atoms with Crippen LogP contribution in [0.5, 0.6) is 0 Å². The average Bonchev–Trinajstić information content (AvgIpc) is 3.05. The number of nitrogens with one attached hydrogen (secondary N) is 2. The minimum Gasteiger partial charge on any atom is -0.488 e. The van der Waals surface area contributed by atoms with Gasteiger partial charge in [0.1, 0.15) is 23.5 Å². The molecule has 0 amide bonds. The van der Waals surface area contributed by atoms with Crippen LogP contribution in [0.1, 0.15) is 44.8 Å². The lowest BCUT2D eigenvalue weighted by Crippen LogP contribution is -2.29. The van der Waals surface area contributed by atoms with Gasteiger partial charge in [0.15, 0.2) is 0 Å². The fraction of sp³-hybridized carbons (Fsp3) is 0.500. The van der Waals surface area contributed by atoms with E-state index in [4.69, 9.17) is 10.5 Å². The maximum Gasteiger partial charge on any atom is 0.132 e. The SMILES string of the molecule is C=C/C(=C\C1=C(C)NN[C@H]1c1cc(N2CC[C@@H](N)C2)ncn1)OC1(C)CC1. The van der Waals surface area contributed by atoms with Crippen LogP contribution in [-0.4, -0.2) is 34.7 Å². The molecule has 27 heavy (non-hydrogen) atoms. The second kappa shape index (κ2) is 6.98. The molecule has 2 fully saturated rings. The molecular weight excluding hydrogens is 340 g/mol. The van der Waals surface area contributed by atoms with Crippen LogP contribution in [0.15, 0.2) is 48.2 Å². The van der Waals surface area contributed by atoms with E-state index in [9.17, 15) is 0 Å². The summed E-state index contributed by atoms with van der Waals surface area (Å²) >= 11 is 0. The molecule has 0 aromatic carbocycles. The van der Waals surface area contributed by atoms with E-state index in [1.807, 2.05) is 13.0 Å². The third kappa shape index (κ3) is 3.84. The van der Waals surface area contributed by atoms with Crippen LogP contribution < -0.4 is 21.5 Å². The van der Waals surface area contributed by atoms with E-state index in [-0.39, 0.29) is 17.7 Å². The Labute approximate surface area is 160 Å². The molecule has 0 bridgehead atoms. The molecule has 4 rings (SSSR count). The van der Waals surface area contributed by atoms with Crippen LogP contribution >= 0.6 is 0 Å². The fourth-order valence-corrected chi connectivity index (χ4v) is 3.51. The molecule has 1 aromatic heterocycles. The molecule has 3 aliphatic rings. The Morgan fingerprint density at radius 1 is 1.44 bits per heavy atom. The predicted molar refractivity (Wildman–Crippen MR) is 106 cm³/mol. The zero-order valence-corrected chi connectivity index (χ0v) is 16.0. The van der Waals surface area contributed by atoms with Gasteiger partial charge in [-0.2, -0.15) is 0 Å². The normalized spacial score (nSPS) is 26.9. The Morgan fingerprint density at radius 2 is 2.26 bits per heavy atom. The first kappa shape index (κ1) is 18.0. The second-order valence-corrected chi connectivity index (χ2v) is 7.88. The monoisotopic (exact) mass is 368 g/mol. The summed E-state index contributed by atoms with van der Waals surface area (Å²) in [6.45, 7) is 9.85. The van der Waals surface area contributed by atoms with Gasteiger partial charge in [-0.3, -0.25) is 0 Å². The van der Waals surface area contributed by atoms with Gasteiger partial charge in [-0.15, -0.1) is 0 Å². The quantitative estimate of drug-likeness (QED) is 0.523. The van der Waals surface area contributed by atoms with Gasteiger partial charge < -0.3 is 20.8 Å². The molecule has 0 spiro atoms. The first-order valence-electron chi connectivity index (χ1n) is 9.55. The summed E-state index contributed by atoms with van der Waals surface area (Å²) in [6, 6.07) is 2.18. The summed E-state index contributed by atoms with van der Waals surface area (Å²) in [7, 11) is 0. The number of hydrogen-bond donors (Lipinski definition) is 3. The van der Waals surface area contributed by atoms with Gasteiger partial charge in [0.05, 0.1) is 11.7 Å². The highest BCUT2D eigenvalue weighted by Gasteiger charge is 2.40.